The van der Waals surface area contributed by atoms with E-state index in [0.29, 0.717) is 4.83 Å². The Bertz CT molecular complexity index is 147. The van der Waals surface area contributed by atoms with Gasteiger partial charge in [-0.15, -0.1) is 23.2 Å². The fourth-order valence-electron chi connectivity index (χ4n) is 1.02. The molecule has 1 rings (SSSR count). The first-order chi connectivity index (χ1) is 4.61. The molecular weight excluding hydrogens is 235 g/mol. The molecule has 0 aromatic rings. The number of hydrogen-bond acceptors (Lipinski definition) is 0. The van der Waals surface area contributed by atoms with Crippen LogP contribution in [0.4, 0.5) is 0 Å². The Labute approximate surface area is 79.7 Å². The van der Waals surface area contributed by atoms with Crippen LogP contribution in [0.5, 0.6) is 0 Å². The molecule has 58 valence electrons. The maximum atomic E-state index is 5.96. The van der Waals surface area contributed by atoms with Gasteiger partial charge >= 0.3 is 0 Å². The molecule has 0 radical (unpaired) electrons. The average molecular weight is 244 g/mol. The predicted octanol–water partition coefficient (Wildman–Crippen LogP) is 3.31. The molecule has 0 heterocycles. The fourth-order valence-corrected chi connectivity index (χ4v) is 2.38. The van der Waals surface area contributed by atoms with Gasteiger partial charge in [0.25, 0.3) is 0 Å². The third kappa shape index (κ3) is 1.90. The Kier molecular flexibility index (Phi) is 3.08. The Morgan fingerprint density at radius 2 is 2.10 bits per heavy atom. The lowest BCUT2D eigenvalue weighted by molar-refractivity contribution is 0.637. The highest BCUT2D eigenvalue weighted by Gasteiger charge is 2.28. The van der Waals surface area contributed by atoms with Gasteiger partial charge in [-0.05, 0) is 12.8 Å². The summed E-state index contributed by atoms with van der Waals surface area (Å²) in [4.78, 5) is 0.349. The Morgan fingerprint density at radius 1 is 1.50 bits per heavy atom. The third-order valence-corrected chi connectivity index (χ3v) is 3.99. The van der Waals surface area contributed by atoms with Crippen molar-refractivity contribution >= 4 is 39.1 Å². The summed E-state index contributed by atoms with van der Waals surface area (Å²) in [5.41, 5.74) is 1.07. The number of hydrogen-bond donors (Lipinski definition) is 0. The van der Waals surface area contributed by atoms with E-state index in [0.717, 1.165) is 18.4 Å². The minimum atomic E-state index is 0.111. The SMILES string of the molecule is C=C1CC(Cl)C(Br)CC1Cl. The minimum Gasteiger partial charge on any atom is -0.121 e. The first-order valence-electron chi connectivity index (χ1n) is 3.21. The number of rotatable bonds is 0. The molecule has 3 unspecified atom stereocenters. The minimum absolute atomic E-state index is 0.111. The second kappa shape index (κ2) is 3.46. The van der Waals surface area contributed by atoms with Gasteiger partial charge in [0.2, 0.25) is 0 Å². The lowest BCUT2D eigenvalue weighted by atomic mass is 9.95. The van der Waals surface area contributed by atoms with Crippen LogP contribution < -0.4 is 0 Å². The van der Waals surface area contributed by atoms with Gasteiger partial charge in [0.05, 0.1) is 5.38 Å². The summed E-state index contributed by atoms with van der Waals surface area (Å²) in [6.45, 7) is 3.84. The maximum Gasteiger partial charge on any atom is 0.0554 e. The zero-order valence-electron chi connectivity index (χ0n) is 5.49. The molecule has 0 nitrogen and oxygen atoms in total. The molecule has 3 atom stereocenters. The van der Waals surface area contributed by atoms with Crippen LogP contribution in [0.2, 0.25) is 0 Å². The molecule has 0 aromatic heterocycles. The number of allylic oxidation sites excluding steroid dienone is 1. The van der Waals surface area contributed by atoms with Crippen molar-refractivity contribution in [1.29, 1.82) is 0 Å². The Morgan fingerprint density at radius 3 is 2.60 bits per heavy atom. The second-order valence-corrected chi connectivity index (χ2v) is 4.86. The largest absolute Gasteiger partial charge is 0.121 e. The highest BCUT2D eigenvalue weighted by molar-refractivity contribution is 9.09. The van der Waals surface area contributed by atoms with Crippen LogP contribution in [0, 0.1) is 0 Å². The van der Waals surface area contributed by atoms with Crippen LogP contribution in [0.15, 0.2) is 12.2 Å². The van der Waals surface area contributed by atoms with Crippen LogP contribution >= 0.6 is 39.1 Å². The van der Waals surface area contributed by atoms with E-state index in [9.17, 15) is 0 Å². The quantitative estimate of drug-likeness (QED) is 0.453. The van der Waals surface area contributed by atoms with Gasteiger partial charge in [-0.3, -0.25) is 0 Å². The van der Waals surface area contributed by atoms with Crippen molar-refractivity contribution in [3.63, 3.8) is 0 Å². The highest BCUT2D eigenvalue weighted by atomic mass is 79.9. The summed E-state index contributed by atoms with van der Waals surface area (Å²) in [6.07, 6.45) is 1.74. The zero-order valence-corrected chi connectivity index (χ0v) is 8.59. The molecule has 10 heavy (non-hydrogen) atoms. The molecule has 0 N–H and O–H groups in total. The van der Waals surface area contributed by atoms with Crippen LogP contribution in [-0.2, 0) is 0 Å². The highest BCUT2D eigenvalue weighted by Crippen LogP contribution is 2.34. The fraction of sp³-hybridized carbons (Fsp3) is 0.714. The Balaban J connectivity index is 2.54. The summed E-state index contributed by atoms with van der Waals surface area (Å²) < 4.78 is 0. The molecule has 1 aliphatic rings. The van der Waals surface area contributed by atoms with E-state index in [1.54, 1.807) is 0 Å². The summed E-state index contributed by atoms with van der Waals surface area (Å²) in [5.74, 6) is 0. The van der Waals surface area contributed by atoms with Gasteiger partial charge in [-0.2, -0.15) is 0 Å². The van der Waals surface area contributed by atoms with Gasteiger partial charge in [-0.25, -0.2) is 0 Å². The molecule has 0 bridgehead atoms. The van der Waals surface area contributed by atoms with Crippen LogP contribution in [0.1, 0.15) is 12.8 Å². The van der Waals surface area contributed by atoms with Gasteiger partial charge in [0.15, 0.2) is 0 Å². The predicted molar refractivity (Wildman–Crippen MR) is 50.4 cm³/mol. The topological polar surface area (TPSA) is 0 Å². The van der Waals surface area contributed by atoms with Crippen LogP contribution in [-0.4, -0.2) is 15.6 Å². The van der Waals surface area contributed by atoms with Crippen molar-refractivity contribution in [2.75, 3.05) is 0 Å². The zero-order chi connectivity index (χ0) is 7.72. The van der Waals surface area contributed by atoms with Crippen molar-refractivity contribution in [2.24, 2.45) is 0 Å². The van der Waals surface area contributed by atoms with E-state index in [4.69, 9.17) is 23.2 Å². The van der Waals surface area contributed by atoms with Crippen molar-refractivity contribution < 1.29 is 0 Å². The lowest BCUT2D eigenvalue weighted by Gasteiger charge is -2.27. The van der Waals surface area contributed by atoms with Gasteiger partial charge in [0.1, 0.15) is 0 Å². The summed E-state index contributed by atoms with van der Waals surface area (Å²) in [7, 11) is 0. The molecule has 1 fully saturated rings. The van der Waals surface area contributed by atoms with E-state index in [1.165, 1.54) is 0 Å². The molecule has 1 saturated carbocycles. The summed E-state index contributed by atoms with van der Waals surface area (Å²) >= 11 is 15.4. The standard InChI is InChI=1S/C7H9BrCl2/c1-4-2-7(10)5(8)3-6(4)9/h5-7H,1-3H2. The molecule has 0 saturated heterocycles. The van der Waals surface area contributed by atoms with Crippen molar-refractivity contribution in [3.05, 3.63) is 12.2 Å². The van der Waals surface area contributed by atoms with Gasteiger partial charge < -0.3 is 0 Å². The maximum absolute atomic E-state index is 5.96. The van der Waals surface area contributed by atoms with Crippen molar-refractivity contribution in [1.82, 2.24) is 0 Å². The smallest absolute Gasteiger partial charge is 0.0554 e. The number of alkyl halides is 3. The van der Waals surface area contributed by atoms with Gasteiger partial charge in [-0.1, -0.05) is 28.1 Å². The molecule has 0 spiro atoms. The summed E-state index contributed by atoms with van der Waals surface area (Å²) in [6, 6.07) is 0. The average Bonchev–Trinajstić information content (AvgIpc) is 1.84. The van der Waals surface area contributed by atoms with E-state index < -0.39 is 0 Å². The van der Waals surface area contributed by atoms with E-state index in [2.05, 4.69) is 22.5 Å². The van der Waals surface area contributed by atoms with Crippen LogP contribution in [0.25, 0.3) is 0 Å². The monoisotopic (exact) mass is 242 g/mol. The molecule has 0 aliphatic heterocycles. The normalized spacial score (nSPS) is 41.9. The molecule has 1 aliphatic carbocycles. The van der Waals surface area contributed by atoms with Crippen molar-refractivity contribution in [2.45, 2.75) is 28.4 Å². The Hall–Kier alpha value is 0.800. The van der Waals surface area contributed by atoms with Gasteiger partial charge in [0, 0.05) is 10.2 Å². The lowest BCUT2D eigenvalue weighted by Crippen LogP contribution is -2.27. The number of halogens is 3. The molecular formula is C7H9BrCl2. The molecule has 0 amide bonds. The van der Waals surface area contributed by atoms with E-state index in [1.807, 2.05) is 0 Å². The van der Waals surface area contributed by atoms with E-state index >= 15 is 0 Å². The van der Waals surface area contributed by atoms with Crippen LogP contribution in [0.3, 0.4) is 0 Å². The summed E-state index contributed by atoms with van der Waals surface area (Å²) in [5, 5.41) is 0.280. The molecule has 3 heteroatoms. The van der Waals surface area contributed by atoms with Crippen molar-refractivity contribution in [3.8, 4) is 0 Å². The van der Waals surface area contributed by atoms with E-state index in [-0.39, 0.29) is 10.8 Å². The molecule has 0 aromatic carbocycles. The first kappa shape index (κ1) is 8.89. The third-order valence-electron chi connectivity index (χ3n) is 1.72. The first-order valence-corrected chi connectivity index (χ1v) is 5.00. The second-order valence-electron chi connectivity index (χ2n) is 2.60.